The van der Waals surface area contributed by atoms with Gasteiger partial charge >= 0.3 is 0 Å². The zero-order valence-electron chi connectivity index (χ0n) is 32.2. The predicted molar refractivity (Wildman–Crippen MR) is 200 cm³/mol. The minimum atomic E-state index is 0.305. The first-order valence-electron chi connectivity index (χ1n) is 19.8. The summed E-state index contributed by atoms with van der Waals surface area (Å²) < 4.78 is 0. The Bertz CT molecular complexity index is 873. The largest absolute Gasteiger partial charge is 0.508 e. The molecule has 6 atom stereocenters. The minimum Gasteiger partial charge on any atom is -0.508 e. The lowest BCUT2D eigenvalue weighted by Crippen LogP contribution is -2.03. The Labute approximate surface area is 283 Å². The molecule has 5 unspecified atom stereocenters. The van der Waals surface area contributed by atoms with E-state index in [1.165, 1.54) is 116 Å². The van der Waals surface area contributed by atoms with Gasteiger partial charge in [0.1, 0.15) is 11.5 Å². The molecule has 0 aliphatic rings. The summed E-state index contributed by atoms with van der Waals surface area (Å²) >= 11 is 0. The number of aryl methyl sites for hydroxylation is 1. The van der Waals surface area contributed by atoms with E-state index < -0.39 is 0 Å². The molecule has 0 fully saturated rings. The number of benzene rings is 1. The molecule has 0 amide bonds. The fourth-order valence-electron chi connectivity index (χ4n) is 7.36. The van der Waals surface area contributed by atoms with Crippen molar-refractivity contribution in [2.75, 3.05) is 0 Å². The zero-order valence-corrected chi connectivity index (χ0v) is 32.2. The first-order chi connectivity index (χ1) is 21.3. The Balaban J connectivity index is 2.04. The third-order valence-corrected chi connectivity index (χ3v) is 11.3. The van der Waals surface area contributed by atoms with Crippen molar-refractivity contribution in [1.29, 1.82) is 0 Å². The smallest absolute Gasteiger partial charge is 0.122 e. The number of phenols is 2. The van der Waals surface area contributed by atoms with Crippen LogP contribution in [0.1, 0.15) is 194 Å². The molecule has 0 aliphatic carbocycles. The van der Waals surface area contributed by atoms with Crippen LogP contribution in [-0.2, 0) is 6.42 Å². The van der Waals surface area contributed by atoms with Gasteiger partial charge in [-0.05, 0) is 90.9 Å². The fraction of sp³-hybridized carbons (Fsp3) is 0.860. The molecule has 2 nitrogen and oxygen atoms in total. The van der Waals surface area contributed by atoms with Gasteiger partial charge < -0.3 is 10.2 Å². The normalized spacial score (nSPS) is 16.1. The standard InChI is InChI=1S/C43H80O2/c1-32(2)17-11-18-33(3)19-12-20-34(4)21-13-22-35(5)23-14-24-36(6)25-15-26-37(7)27-16-28-38(8)29-30-41-31-42(44)39(9)40(10)43(41)45/h31-38,44-45H,11-30H2,1-10H3/t33?,34?,35?,36?,37-,38?/m1/s1. The van der Waals surface area contributed by atoms with Crippen LogP contribution in [0.4, 0.5) is 0 Å². The molecule has 0 aromatic heterocycles. The molecule has 45 heavy (non-hydrogen) atoms. The summed E-state index contributed by atoms with van der Waals surface area (Å²) in [6.07, 6.45) is 27.1. The van der Waals surface area contributed by atoms with Gasteiger partial charge in [0, 0.05) is 0 Å². The van der Waals surface area contributed by atoms with Crippen molar-refractivity contribution in [2.24, 2.45) is 41.4 Å². The van der Waals surface area contributed by atoms with Crippen LogP contribution < -0.4 is 0 Å². The molecule has 0 saturated heterocycles. The zero-order chi connectivity index (χ0) is 33.8. The second-order valence-electron chi connectivity index (χ2n) is 16.8. The third kappa shape index (κ3) is 19.9. The molecule has 264 valence electrons. The van der Waals surface area contributed by atoms with E-state index in [0.717, 1.165) is 65.0 Å². The number of hydrogen-bond acceptors (Lipinski definition) is 2. The summed E-state index contributed by atoms with van der Waals surface area (Å²) in [5, 5.41) is 20.6. The maximum atomic E-state index is 10.5. The SMILES string of the molecule is Cc1c(O)cc(CCC(C)CCC[C@H](C)CCCC(C)CCCC(C)CCCC(C)CCCC(C)CCCC(C)C)c(O)c1C. The van der Waals surface area contributed by atoms with E-state index in [4.69, 9.17) is 0 Å². The summed E-state index contributed by atoms with van der Waals surface area (Å²) in [6, 6.07) is 1.76. The average Bonchev–Trinajstić information content (AvgIpc) is 2.97. The first kappa shape index (κ1) is 41.8. The van der Waals surface area contributed by atoms with E-state index in [2.05, 4.69) is 55.4 Å². The van der Waals surface area contributed by atoms with Crippen molar-refractivity contribution in [3.8, 4) is 11.5 Å². The van der Waals surface area contributed by atoms with Gasteiger partial charge in [-0.15, -0.1) is 0 Å². The molecule has 0 heterocycles. The second kappa shape index (κ2) is 24.0. The van der Waals surface area contributed by atoms with E-state index in [0.29, 0.717) is 17.4 Å². The molecule has 2 heteroatoms. The molecular formula is C43H80O2. The van der Waals surface area contributed by atoms with Crippen LogP contribution in [0.2, 0.25) is 0 Å². The number of rotatable bonds is 27. The second-order valence-corrected chi connectivity index (χ2v) is 16.8. The Hall–Kier alpha value is -1.18. The summed E-state index contributed by atoms with van der Waals surface area (Å²) in [6.45, 7) is 23.2. The molecular weight excluding hydrogens is 548 g/mol. The van der Waals surface area contributed by atoms with Gasteiger partial charge in [0.05, 0.1) is 0 Å². The van der Waals surface area contributed by atoms with Gasteiger partial charge in [0.25, 0.3) is 0 Å². The van der Waals surface area contributed by atoms with Crippen molar-refractivity contribution in [3.63, 3.8) is 0 Å². The van der Waals surface area contributed by atoms with E-state index in [1.807, 2.05) is 13.8 Å². The van der Waals surface area contributed by atoms with Crippen molar-refractivity contribution in [1.82, 2.24) is 0 Å². The summed E-state index contributed by atoms with van der Waals surface area (Å²) in [5.41, 5.74) is 2.49. The minimum absolute atomic E-state index is 0.305. The van der Waals surface area contributed by atoms with Crippen LogP contribution in [0.3, 0.4) is 0 Å². The fourth-order valence-corrected chi connectivity index (χ4v) is 7.36. The Morgan fingerprint density at radius 2 is 0.711 bits per heavy atom. The van der Waals surface area contributed by atoms with Crippen LogP contribution in [-0.4, -0.2) is 10.2 Å². The van der Waals surface area contributed by atoms with Gasteiger partial charge in [-0.25, -0.2) is 0 Å². The maximum absolute atomic E-state index is 10.5. The molecule has 1 rings (SSSR count). The molecule has 2 N–H and O–H groups in total. The van der Waals surface area contributed by atoms with Crippen molar-refractivity contribution < 1.29 is 10.2 Å². The average molecular weight is 629 g/mol. The van der Waals surface area contributed by atoms with Crippen LogP contribution in [0.5, 0.6) is 11.5 Å². The molecule has 1 aromatic rings. The van der Waals surface area contributed by atoms with Crippen LogP contribution in [0.15, 0.2) is 6.07 Å². The Morgan fingerprint density at radius 3 is 1.02 bits per heavy atom. The van der Waals surface area contributed by atoms with E-state index >= 15 is 0 Å². The maximum Gasteiger partial charge on any atom is 0.122 e. The lowest BCUT2D eigenvalue weighted by atomic mass is 9.88. The number of hydrogen-bond donors (Lipinski definition) is 2. The number of phenolic OH excluding ortho intramolecular Hbond substituents is 2. The quantitative estimate of drug-likeness (QED) is 0.0952. The Morgan fingerprint density at radius 1 is 0.422 bits per heavy atom. The van der Waals surface area contributed by atoms with E-state index in [9.17, 15) is 10.2 Å². The van der Waals surface area contributed by atoms with Crippen molar-refractivity contribution in [2.45, 2.75) is 198 Å². The third-order valence-electron chi connectivity index (χ3n) is 11.3. The lowest BCUT2D eigenvalue weighted by molar-refractivity contribution is 0.356. The summed E-state index contributed by atoms with van der Waals surface area (Å²) in [4.78, 5) is 0. The Kier molecular flexibility index (Phi) is 22.3. The van der Waals surface area contributed by atoms with Crippen LogP contribution in [0, 0.1) is 55.3 Å². The molecule has 0 radical (unpaired) electrons. The lowest BCUT2D eigenvalue weighted by Gasteiger charge is -2.18. The van der Waals surface area contributed by atoms with E-state index in [1.54, 1.807) is 6.07 Å². The highest BCUT2D eigenvalue weighted by Gasteiger charge is 2.14. The van der Waals surface area contributed by atoms with Gasteiger partial charge in [-0.2, -0.15) is 0 Å². The first-order valence-corrected chi connectivity index (χ1v) is 19.8. The highest BCUT2D eigenvalue weighted by atomic mass is 16.3. The van der Waals surface area contributed by atoms with Crippen molar-refractivity contribution in [3.05, 3.63) is 22.8 Å². The van der Waals surface area contributed by atoms with E-state index in [-0.39, 0.29) is 0 Å². The van der Waals surface area contributed by atoms with Crippen LogP contribution >= 0.6 is 0 Å². The predicted octanol–water partition coefficient (Wildman–Crippen LogP) is 14.1. The van der Waals surface area contributed by atoms with Gasteiger partial charge in [0.2, 0.25) is 0 Å². The summed E-state index contributed by atoms with van der Waals surface area (Å²) in [7, 11) is 0. The van der Waals surface area contributed by atoms with Gasteiger partial charge in [-0.1, -0.05) is 171 Å². The highest BCUT2D eigenvalue weighted by molar-refractivity contribution is 5.51. The molecule has 0 saturated carbocycles. The topological polar surface area (TPSA) is 40.5 Å². The van der Waals surface area contributed by atoms with Gasteiger partial charge in [-0.3, -0.25) is 0 Å². The molecule has 0 spiro atoms. The van der Waals surface area contributed by atoms with Crippen LogP contribution in [0.25, 0.3) is 0 Å². The summed E-state index contributed by atoms with van der Waals surface area (Å²) in [5.74, 6) is 6.60. The van der Waals surface area contributed by atoms with Crippen molar-refractivity contribution >= 4 is 0 Å². The highest BCUT2D eigenvalue weighted by Crippen LogP contribution is 2.33. The van der Waals surface area contributed by atoms with Gasteiger partial charge in [0.15, 0.2) is 0 Å². The number of aromatic hydroxyl groups is 2. The molecule has 1 aromatic carbocycles. The molecule has 0 aliphatic heterocycles. The molecule has 0 bridgehead atoms. The monoisotopic (exact) mass is 629 g/mol.